The first kappa shape index (κ1) is 11.3. The molecule has 0 aliphatic carbocycles. The Labute approximate surface area is 96.9 Å². The van der Waals surface area contributed by atoms with Crippen LogP contribution in [0, 0.1) is 0 Å². The van der Waals surface area contributed by atoms with Gasteiger partial charge >= 0.3 is 5.97 Å². The molecule has 2 amide bonds. The number of carbonyl (C=O) groups excluding carboxylic acids is 2. The van der Waals surface area contributed by atoms with E-state index in [0.717, 1.165) is 4.90 Å². The molecular formula is C11H10N2O4. The topological polar surface area (TPSA) is 87.6 Å². The van der Waals surface area contributed by atoms with Gasteiger partial charge in [0.1, 0.15) is 0 Å². The van der Waals surface area contributed by atoms with Crippen molar-refractivity contribution < 1.29 is 19.5 Å². The van der Waals surface area contributed by atoms with Crippen LogP contribution in [0.2, 0.25) is 0 Å². The second-order valence-corrected chi connectivity index (χ2v) is 3.71. The van der Waals surface area contributed by atoms with Crippen molar-refractivity contribution >= 4 is 23.5 Å². The molecule has 0 spiro atoms. The number of carbonyl (C=O) groups is 3. The highest BCUT2D eigenvalue weighted by Gasteiger charge is 2.27. The van der Waals surface area contributed by atoms with Gasteiger partial charge in [0.05, 0.1) is 17.4 Å². The highest BCUT2D eigenvalue weighted by molar-refractivity contribution is 6.16. The first-order valence-electron chi connectivity index (χ1n) is 5.14. The third-order valence-corrected chi connectivity index (χ3v) is 2.51. The van der Waals surface area contributed by atoms with Crippen molar-refractivity contribution in [3.05, 3.63) is 24.0 Å². The zero-order valence-electron chi connectivity index (χ0n) is 8.92. The van der Waals surface area contributed by atoms with E-state index in [9.17, 15) is 14.4 Å². The van der Waals surface area contributed by atoms with Crippen molar-refractivity contribution in [3.63, 3.8) is 0 Å². The number of aromatic carboxylic acids is 1. The van der Waals surface area contributed by atoms with E-state index < -0.39 is 5.97 Å². The van der Waals surface area contributed by atoms with Gasteiger partial charge in [0.15, 0.2) is 0 Å². The Morgan fingerprint density at radius 1 is 1.24 bits per heavy atom. The number of hydrogen-bond acceptors (Lipinski definition) is 4. The first-order chi connectivity index (χ1) is 8.09. The molecule has 0 bridgehead atoms. The van der Waals surface area contributed by atoms with Crippen molar-refractivity contribution in [2.75, 3.05) is 4.90 Å². The molecule has 1 saturated heterocycles. The second kappa shape index (κ2) is 4.32. The lowest BCUT2D eigenvalue weighted by atomic mass is 10.1. The van der Waals surface area contributed by atoms with Crippen LogP contribution in [-0.2, 0) is 9.59 Å². The van der Waals surface area contributed by atoms with Crippen molar-refractivity contribution in [1.29, 1.82) is 0 Å². The van der Waals surface area contributed by atoms with Crippen molar-refractivity contribution in [3.8, 4) is 0 Å². The highest BCUT2D eigenvalue weighted by atomic mass is 16.4. The summed E-state index contributed by atoms with van der Waals surface area (Å²) in [5, 5.41) is 8.81. The van der Waals surface area contributed by atoms with Crippen LogP contribution in [0.25, 0.3) is 0 Å². The van der Waals surface area contributed by atoms with E-state index in [0.29, 0.717) is 19.3 Å². The van der Waals surface area contributed by atoms with Crippen LogP contribution in [-0.4, -0.2) is 27.9 Å². The summed E-state index contributed by atoms with van der Waals surface area (Å²) in [7, 11) is 0. The molecule has 88 valence electrons. The molecule has 6 nitrogen and oxygen atoms in total. The predicted molar refractivity (Wildman–Crippen MR) is 57.5 cm³/mol. The fraction of sp³-hybridized carbons (Fsp3) is 0.273. The second-order valence-electron chi connectivity index (χ2n) is 3.71. The van der Waals surface area contributed by atoms with E-state index in [-0.39, 0.29) is 23.1 Å². The van der Waals surface area contributed by atoms with E-state index in [1.165, 1.54) is 18.5 Å². The number of pyridine rings is 1. The molecule has 0 radical (unpaired) electrons. The Hall–Kier alpha value is -2.24. The Kier molecular flexibility index (Phi) is 2.86. The lowest BCUT2D eigenvalue weighted by molar-refractivity contribution is -0.129. The maximum atomic E-state index is 11.6. The molecule has 0 aromatic carbocycles. The minimum Gasteiger partial charge on any atom is -0.478 e. The van der Waals surface area contributed by atoms with Crippen LogP contribution in [0.5, 0.6) is 0 Å². The quantitative estimate of drug-likeness (QED) is 0.765. The number of aromatic nitrogens is 1. The number of piperidine rings is 1. The molecule has 1 aromatic rings. The molecule has 1 aliphatic heterocycles. The summed E-state index contributed by atoms with van der Waals surface area (Å²) in [4.78, 5) is 38.7. The molecule has 2 heterocycles. The summed E-state index contributed by atoms with van der Waals surface area (Å²) >= 11 is 0. The maximum Gasteiger partial charge on any atom is 0.337 e. The molecule has 6 heteroatoms. The normalized spacial score (nSPS) is 16.1. The number of carboxylic acid groups (broad SMARTS) is 1. The van der Waals surface area contributed by atoms with E-state index >= 15 is 0 Å². The summed E-state index contributed by atoms with van der Waals surface area (Å²) in [5.74, 6) is -1.77. The number of nitrogens with zero attached hydrogens (tertiary/aromatic N) is 2. The van der Waals surface area contributed by atoms with Crippen LogP contribution in [0.3, 0.4) is 0 Å². The standard InChI is InChI=1S/C11H10N2O4/c14-9-2-1-3-10(15)13(9)8-4-7(11(16)17)5-12-6-8/h4-6H,1-3H2,(H,16,17). The van der Waals surface area contributed by atoms with Gasteiger partial charge in [0, 0.05) is 19.0 Å². The maximum absolute atomic E-state index is 11.6. The average Bonchev–Trinajstić information content (AvgIpc) is 2.29. The first-order valence-corrected chi connectivity index (χ1v) is 5.14. The minimum absolute atomic E-state index is 0.0475. The third-order valence-electron chi connectivity index (χ3n) is 2.51. The fourth-order valence-corrected chi connectivity index (χ4v) is 1.71. The smallest absolute Gasteiger partial charge is 0.337 e. The highest BCUT2D eigenvalue weighted by Crippen LogP contribution is 2.21. The Balaban J connectivity index is 2.38. The summed E-state index contributed by atoms with van der Waals surface area (Å²) < 4.78 is 0. The summed E-state index contributed by atoms with van der Waals surface area (Å²) in [6.45, 7) is 0. The molecule has 1 N–H and O–H groups in total. The molecule has 1 aromatic heterocycles. The minimum atomic E-state index is -1.14. The number of rotatable bonds is 2. The van der Waals surface area contributed by atoms with Gasteiger partial charge in [-0.25, -0.2) is 9.69 Å². The van der Waals surface area contributed by atoms with Gasteiger partial charge in [-0.2, -0.15) is 0 Å². The van der Waals surface area contributed by atoms with E-state index in [2.05, 4.69) is 4.98 Å². The van der Waals surface area contributed by atoms with Gasteiger partial charge < -0.3 is 5.11 Å². The van der Waals surface area contributed by atoms with Gasteiger partial charge in [0.25, 0.3) is 0 Å². The summed E-state index contributed by atoms with van der Waals surface area (Å²) in [5.41, 5.74) is 0.174. The van der Waals surface area contributed by atoms with Gasteiger partial charge in [-0.3, -0.25) is 14.6 Å². The number of amides is 2. The molecule has 1 aliphatic rings. The summed E-state index contributed by atoms with van der Waals surface area (Å²) in [6, 6.07) is 1.27. The van der Waals surface area contributed by atoms with Gasteiger partial charge in [-0.1, -0.05) is 0 Å². The van der Waals surface area contributed by atoms with Gasteiger partial charge in [-0.15, -0.1) is 0 Å². The molecule has 0 unspecified atom stereocenters. The van der Waals surface area contributed by atoms with E-state index in [1.807, 2.05) is 0 Å². The van der Waals surface area contributed by atoms with Gasteiger partial charge in [-0.05, 0) is 12.5 Å². The van der Waals surface area contributed by atoms with Gasteiger partial charge in [0.2, 0.25) is 11.8 Å². The van der Waals surface area contributed by atoms with Crippen LogP contribution >= 0.6 is 0 Å². The number of imide groups is 1. The molecule has 0 saturated carbocycles. The number of anilines is 1. The van der Waals surface area contributed by atoms with Crippen molar-refractivity contribution in [1.82, 2.24) is 4.98 Å². The Bertz CT molecular complexity index is 482. The monoisotopic (exact) mass is 234 g/mol. The lowest BCUT2D eigenvalue weighted by Gasteiger charge is -2.24. The Morgan fingerprint density at radius 2 is 1.88 bits per heavy atom. The van der Waals surface area contributed by atoms with Crippen LogP contribution < -0.4 is 4.90 Å². The average molecular weight is 234 g/mol. The van der Waals surface area contributed by atoms with E-state index in [1.54, 1.807) is 0 Å². The molecule has 1 fully saturated rings. The number of hydrogen-bond donors (Lipinski definition) is 1. The number of carboxylic acids is 1. The van der Waals surface area contributed by atoms with Crippen LogP contribution in [0.4, 0.5) is 5.69 Å². The van der Waals surface area contributed by atoms with E-state index in [4.69, 9.17) is 5.11 Å². The molecular weight excluding hydrogens is 224 g/mol. The fourth-order valence-electron chi connectivity index (χ4n) is 1.71. The zero-order valence-corrected chi connectivity index (χ0v) is 8.92. The van der Waals surface area contributed by atoms with Crippen LogP contribution in [0.1, 0.15) is 29.6 Å². The third kappa shape index (κ3) is 2.15. The SMILES string of the molecule is O=C(O)c1cncc(N2C(=O)CCCC2=O)c1. The lowest BCUT2D eigenvalue weighted by Crippen LogP contribution is -2.40. The van der Waals surface area contributed by atoms with Crippen LogP contribution in [0.15, 0.2) is 18.5 Å². The largest absolute Gasteiger partial charge is 0.478 e. The summed E-state index contributed by atoms with van der Waals surface area (Å²) in [6.07, 6.45) is 3.62. The van der Waals surface area contributed by atoms with Crippen molar-refractivity contribution in [2.45, 2.75) is 19.3 Å². The molecule has 17 heavy (non-hydrogen) atoms. The van der Waals surface area contributed by atoms with Crippen molar-refractivity contribution in [2.24, 2.45) is 0 Å². The molecule has 0 atom stereocenters. The Morgan fingerprint density at radius 3 is 2.47 bits per heavy atom. The zero-order chi connectivity index (χ0) is 12.4. The molecule has 2 rings (SSSR count). The predicted octanol–water partition coefficient (Wildman–Crippen LogP) is 0.823.